The molecule has 102 valence electrons. The summed E-state index contributed by atoms with van der Waals surface area (Å²) < 4.78 is 11.4. The van der Waals surface area contributed by atoms with Gasteiger partial charge in [-0.1, -0.05) is 22.9 Å². The van der Waals surface area contributed by atoms with Gasteiger partial charge >= 0.3 is 0 Å². The maximum atomic E-state index is 6.18. The summed E-state index contributed by atoms with van der Waals surface area (Å²) in [5.41, 5.74) is 7.37. The standard InChI is InChI=1S/C14H22BrNO2/c1-10(9-17-2)6-12(16)7-11-8-13(18-3)4-5-14(11)15/h4-5,8,10,12H,6-7,9,16H2,1-3H3. The van der Waals surface area contributed by atoms with E-state index in [0.29, 0.717) is 5.92 Å². The molecule has 0 saturated carbocycles. The molecule has 2 atom stereocenters. The van der Waals surface area contributed by atoms with Crippen LogP contribution in [0.2, 0.25) is 0 Å². The molecule has 2 N–H and O–H groups in total. The lowest BCUT2D eigenvalue weighted by molar-refractivity contribution is 0.152. The third-order valence-electron chi connectivity index (χ3n) is 2.89. The molecule has 0 spiro atoms. The zero-order valence-electron chi connectivity index (χ0n) is 11.3. The molecule has 0 radical (unpaired) electrons. The van der Waals surface area contributed by atoms with Gasteiger partial charge in [0.25, 0.3) is 0 Å². The van der Waals surface area contributed by atoms with Crippen LogP contribution in [0.25, 0.3) is 0 Å². The largest absolute Gasteiger partial charge is 0.497 e. The van der Waals surface area contributed by atoms with Gasteiger partial charge in [0, 0.05) is 24.2 Å². The summed E-state index contributed by atoms with van der Waals surface area (Å²) >= 11 is 3.55. The Morgan fingerprint density at radius 1 is 1.33 bits per heavy atom. The van der Waals surface area contributed by atoms with E-state index in [0.717, 1.165) is 29.7 Å². The molecule has 0 aliphatic carbocycles. The van der Waals surface area contributed by atoms with Crippen LogP contribution in [-0.2, 0) is 11.2 Å². The minimum atomic E-state index is 0.138. The van der Waals surface area contributed by atoms with Crippen molar-refractivity contribution in [3.63, 3.8) is 0 Å². The van der Waals surface area contributed by atoms with Gasteiger partial charge in [-0.3, -0.25) is 0 Å². The Hall–Kier alpha value is -0.580. The minimum absolute atomic E-state index is 0.138. The van der Waals surface area contributed by atoms with Gasteiger partial charge < -0.3 is 15.2 Å². The Bertz CT molecular complexity index is 371. The van der Waals surface area contributed by atoms with Crippen LogP contribution in [0.5, 0.6) is 5.75 Å². The molecule has 2 unspecified atom stereocenters. The summed E-state index contributed by atoms with van der Waals surface area (Å²) in [4.78, 5) is 0. The second kappa shape index (κ2) is 7.77. The van der Waals surface area contributed by atoms with Crippen molar-refractivity contribution in [1.82, 2.24) is 0 Å². The SMILES string of the molecule is COCC(C)CC(N)Cc1cc(OC)ccc1Br. The van der Waals surface area contributed by atoms with Gasteiger partial charge in [-0.05, 0) is 42.5 Å². The summed E-state index contributed by atoms with van der Waals surface area (Å²) in [5, 5.41) is 0. The molecule has 4 heteroatoms. The molecule has 0 amide bonds. The van der Waals surface area contributed by atoms with Crippen LogP contribution in [0.15, 0.2) is 22.7 Å². The van der Waals surface area contributed by atoms with Crippen LogP contribution in [0, 0.1) is 5.92 Å². The molecule has 0 heterocycles. The van der Waals surface area contributed by atoms with Crippen LogP contribution in [0.3, 0.4) is 0 Å². The van der Waals surface area contributed by atoms with Crippen molar-refractivity contribution in [2.45, 2.75) is 25.8 Å². The number of hydrogen-bond donors (Lipinski definition) is 1. The first-order valence-electron chi connectivity index (χ1n) is 6.13. The number of nitrogens with two attached hydrogens (primary N) is 1. The lowest BCUT2D eigenvalue weighted by Gasteiger charge is -2.17. The van der Waals surface area contributed by atoms with Gasteiger partial charge in [0.1, 0.15) is 5.75 Å². The molecular weight excluding hydrogens is 294 g/mol. The molecule has 0 aromatic heterocycles. The Balaban J connectivity index is 2.60. The van der Waals surface area contributed by atoms with Crippen molar-refractivity contribution in [2.75, 3.05) is 20.8 Å². The van der Waals surface area contributed by atoms with Crippen molar-refractivity contribution in [2.24, 2.45) is 11.7 Å². The second-order valence-electron chi connectivity index (χ2n) is 4.72. The molecule has 0 saturated heterocycles. The van der Waals surface area contributed by atoms with E-state index >= 15 is 0 Å². The van der Waals surface area contributed by atoms with E-state index in [1.54, 1.807) is 14.2 Å². The number of hydrogen-bond acceptors (Lipinski definition) is 3. The quantitative estimate of drug-likeness (QED) is 0.841. The predicted octanol–water partition coefficient (Wildman–Crippen LogP) is 3.00. The fourth-order valence-corrected chi connectivity index (χ4v) is 2.48. The highest BCUT2D eigenvalue weighted by Gasteiger charge is 2.12. The van der Waals surface area contributed by atoms with Crippen molar-refractivity contribution >= 4 is 15.9 Å². The molecule has 1 aromatic rings. The van der Waals surface area contributed by atoms with Gasteiger partial charge in [-0.25, -0.2) is 0 Å². The van der Waals surface area contributed by atoms with Crippen LogP contribution >= 0.6 is 15.9 Å². The zero-order chi connectivity index (χ0) is 13.5. The second-order valence-corrected chi connectivity index (χ2v) is 5.57. The van der Waals surface area contributed by atoms with E-state index in [-0.39, 0.29) is 6.04 Å². The monoisotopic (exact) mass is 315 g/mol. The van der Waals surface area contributed by atoms with Crippen LogP contribution in [-0.4, -0.2) is 26.9 Å². The van der Waals surface area contributed by atoms with E-state index in [1.165, 1.54) is 5.56 Å². The Morgan fingerprint density at radius 3 is 2.67 bits per heavy atom. The Labute approximate surface area is 118 Å². The smallest absolute Gasteiger partial charge is 0.119 e. The van der Waals surface area contributed by atoms with Gasteiger partial charge in [0.2, 0.25) is 0 Å². The first-order valence-corrected chi connectivity index (χ1v) is 6.93. The Kier molecular flexibility index (Phi) is 6.68. The zero-order valence-corrected chi connectivity index (χ0v) is 12.9. The molecule has 1 aromatic carbocycles. The van der Waals surface area contributed by atoms with E-state index in [9.17, 15) is 0 Å². The number of ether oxygens (including phenoxy) is 2. The predicted molar refractivity (Wildman–Crippen MR) is 78.0 cm³/mol. The maximum absolute atomic E-state index is 6.18. The van der Waals surface area contributed by atoms with E-state index < -0.39 is 0 Å². The Morgan fingerprint density at radius 2 is 2.06 bits per heavy atom. The molecule has 0 bridgehead atoms. The number of benzene rings is 1. The summed E-state index contributed by atoms with van der Waals surface area (Å²) in [7, 11) is 3.40. The van der Waals surface area contributed by atoms with Gasteiger partial charge in [-0.2, -0.15) is 0 Å². The molecule has 3 nitrogen and oxygen atoms in total. The van der Waals surface area contributed by atoms with Crippen molar-refractivity contribution in [3.05, 3.63) is 28.2 Å². The lowest BCUT2D eigenvalue weighted by Crippen LogP contribution is -2.26. The molecule has 0 fully saturated rings. The number of rotatable bonds is 7. The third-order valence-corrected chi connectivity index (χ3v) is 3.66. The van der Waals surface area contributed by atoms with E-state index in [4.69, 9.17) is 15.2 Å². The fraction of sp³-hybridized carbons (Fsp3) is 0.571. The van der Waals surface area contributed by atoms with Crippen molar-refractivity contribution in [1.29, 1.82) is 0 Å². The first-order chi connectivity index (χ1) is 8.56. The minimum Gasteiger partial charge on any atom is -0.497 e. The summed E-state index contributed by atoms with van der Waals surface area (Å²) in [6.07, 6.45) is 1.79. The van der Waals surface area contributed by atoms with Crippen LogP contribution < -0.4 is 10.5 Å². The maximum Gasteiger partial charge on any atom is 0.119 e. The molecule has 1 rings (SSSR count). The highest BCUT2D eigenvalue weighted by molar-refractivity contribution is 9.10. The lowest BCUT2D eigenvalue weighted by atomic mass is 9.97. The van der Waals surface area contributed by atoms with Gasteiger partial charge in [-0.15, -0.1) is 0 Å². The number of halogens is 1. The summed E-state index contributed by atoms with van der Waals surface area (Å²) in [5.74, 6) is 1.35. The highest BCUT2D eigenvalue weighted by Crippen LogP contribution is 2.24. The molecule has 18 heavy (non-hydrogen) atoms. The normalized spacial score (nSPS) is 14.3. The average Bonchev–Trinajstić information content (AvgIpc) is 2.32. The van der Waals surface area contributed by atoms with Crippen LogP contribution in [0.4, 0.5) is 0 Å². The van der Waals surface area contributed by atoms with E-state index in [2.05, 4.69) is 22.9 Å². The van der Waals surface area contributed by atoms with Crippen molar-refractivity contribution < 1.29 is 9.47 Å². The first kappa shape index (κ1) is 15.5. The highest BCUT2D eigenvalue weighted by atomic mass is 79.9. The van der Waals surface area contributed by atoms with Gasteiger partial charge in [0.15, 0.2) is 0 Å². The van der Waals surface area contributed by atoms with Crippen molar-refractivity contribution in [3.8, 4) is 5.75 Å². The summed E-state index contributed by atoms with van der Waals surface area (Å²) in [6.45, 7) is 2.91. The fourth-order valence-electron chi connectivity index (χ4n) is 2.07. The van der Waals surface area contributed by atoms with E-state index in [1.807, 2.05) is 18.2 Å². The average molecular weight is 316 g/mol. The molecule has 0 aliphatic heterocycles. The van der Waals surface area contributed by atoms with Gasteiger partial charge in [0.05, 0.1) is 7.11 Å². The molecular formula is C14H22BrNO2. The topological polar surface area (TPSA) is 44.5 Å². The third kappa shape index (κ3) is 4.96. The summed E-state index contributed by atoms with van der Waals surface area (Å²) in [6, 6.07) is 6.11. The number of methoxy groups -OCH3 is 2. The molecule has 0 aliphatic rings. The van der Waals surface area contributed by atoms with Crippen LogP contribution in [0.1, 0.15) is 18.9 Å².